The maximum atomic E-state index is 12.3. The van der Waals surface area contributed by atoms with Gasteiger partial charge >= 0.3 is 0 Å². The van der Waals surface area contributed by atoms with Gasteiger partial charge in [0.05, 0.1) is 12.7 Å². The van der Waals surface area contributed by atoms with E-state index in [1.807, 2.05) is 48.7 Å². The Bertz CT molecular complexity index is 1230. The van der Waals surface area contributed by atoms with Crippen molar-refractivity contribution in [1.29, 1.82) is 0 Å². The molecule has 1 fully saturated rings. The number of amides is 1. The van der Waals surface area contributed by atoms with Crippen molar-refractivity contribution < 1.29 is 9.53 Å². The number of aromatic nitrogens is 4. The number of carbonyl (C=O) groups is 1. The number of nitrogens with one attached hydrogen (secondary N) is 1. The van der Waals surface area contributed by atoms with Crippen molar-refractivity contribution in [2.75, 3.05) is 0 Å². The lowest BCUT2D eigenvalue weighted by molar-refractivity contribution is -0.121. The van der Waals surface area contributed by atoms with Crippen LogP contribution in [0, 0.1) is 0 Å². The van der Waals surface area contributed by atoms with Crippen LogP contribution in [0.3, 0.4) is 0 Å². The van der Waals surface area contributed by atoms with E-state index in [0.29, 0.717) is 25.4 Å². The largest absolute Gasteiger partial charge is 0.457 e. The monoisotopic (exact) mass is 453 g/mol. The third-order valence-electron chi connectivity index (χ3n) is 6.15. The summed E-state index contributed by atoms with van der Waals surface area (Å²) >= 11 is 0. The molecule has 0 atom stereocenters. The summed E-state index contributed by atoms with van der Waals surface area (Å²) in [7, 11) is 0. The number of ether oxygens (including phenoxy) is 1. The summed E-state index contributed by atoms with van der Waals surface area (Å²) in [5.74, 6) is 2.30. The topological polar surface area (TPSA) is 81.9 Å². The van der Waals surface area contributed by atoms with Gasteiger partial charge in [0.2, 0.25) is 5.91 Å². The van der Waals surface area contributed by atoms with Crippen molar-refractivity contribution in [3.8, 4) is 22.8 Å². The lowest BCUT2D eigenvalue weighted by Gasteiger charge is -2.26. The Morgan fingerprint density at radius 3 is 2.71 bits per heavy atom. The zero-order chi connectivity index (χ0) is 23.2. The predicted molar refractivity (Wildman–Crippen MR) is 129 cm³/mol. The summed E-state index contributed by atoms with van der Waals surface area (Å²) in [6.45, 7) is 0.931. The molecule has 1 saturated carbocycles. The van der Waals surface area contributed by atoms with Crippen molar-refractivity contribution in [3.63, 3.8) is 0 Å². The molecule has 0 spiro atoms. The smallest absolute Gasteiger partial charge is 0.222 e. The highest BCUT2D eigenvalue weighted by atomic mass is 16.5. The van der Waals surface area contributed by atoms with Crippen LogP contribution in [0.25, 0.3) is 11.3 Å². The quantitative estimate of drug-likeness (QED) is 0.381. The molecule has 0 bridgehead atoms. The fraction of sp³-hybridized carbons (Fsp3) is 0.259. The van der Waals surface area contributed by atoms with Gasteiger partial charge in [-0.05, 0) is 66.3 Å². The van der Waals surface area contributed by atoms with Crippen molar-refractivity contribution in [3.05, 3.63) is 90.4 Å². The molecule has 0 radical (unpaired) electrons. The van der Waals surface area contributed by atoms with Crippen LogP contribution in [0.4, 0.5) is 0 Å². The van der Waals surface area contributed by atoms with E-state index < -0.39 is 0 Å². The summed E-state index contributed by atoms with van der Waals surface area (Å²) in [5.41, 5.74) is 4.02. The molecule has 1 N–H and O–H groups in total. The van der Waals surface area contributed by atoms with Crippen LogP contribution >= 0.6 is 0 Å². The number of hydrogen-bond acceptors (Lipinski definition) is 5. The number of benzene rings is 2. The number of pyridine rings is 1. The van der Waals surface area contributed by atoms with Crippen molar-refractivity contribution in [1.82, 2.24) is 25.3 Å². The number of rotatable bonds is 9. The van der Waals surface area contributed by atoms with Crippen LogP contribution in [-0.2, 0) is 17.9 Å². The molecule has 1 aliphatic carbocycles. The molecule has 7 heteroatoms. The molecule has 0 aliphatic heterocycles. The third kappa shape index (κ3) is 5.49. The van der Waals surface area contributed by atoms with Gasteiger partial charge < -0.3 is 10.1 Å². The van der Waals surface area contributed by atoms with Crippen molar-refractivity contribution in [2.24, 2.45) is 0 Å². The minimum absolute atomic E-state index is 0.0356. The molecule has 34 heavy (non-hydrogen) atoms. The maximum absolute atomic E-state index is 12.3. The van der Waals surface area contributed by atoms with Crippen molar-refractivity contribution in [2.45, 2.75) is 44.7 Å². The highest BCUT2D eigenvalue weighted by molar-refractivity contribution is 5.75. The molecule has 1 amide bonds. The van der Waals surface area contributed by atoms with Crippen LogP contribution in [0.2, 0.25) is 0 Å². The summed E-state index contributed by atoms with van der Waals surface area (Å²) in [6.07, 6.45) is 9.47. The van der Waals surface area contributed by atoms with Gasteiger partial charge in [-0.25, -0.2) is 0 Å². The highest BCUT2D eigenvalue weighted by Crippen LogP contribution is 2.37. The van der Waals surface area contributed by atoms with E-state index in [-0.39, 0.29) is 5.91 Å². The van der Waals surface area contributed by atoms with E-state index >= 15 is 0 Å². The Kier molecular flexibility index (Phi) is 6.61. The fourth-order valence-corrected chi connectivity index (χ4v) is 3.94. The van der Waals surface area contributed by atoms with Crippen LogP contribution in [0.5, 0.6) is 11.5 Å². The van der Waals surface area contributed by atoms with Gasteiger partial charge in [-0.15, -0.1) is 5.10 Å². The van der Waals surface area contributed by atoms with Gasteiger partial charge in [0.15, 0.2) is 0 Å². The summed E-state index contributed by atoms with van der Waals surface area (Å²) in [4.78, 5) is 16.4. The predicted octanol–water partition coefficient (Wildman–Crippen LogP) is 5.11. The Morgan fingerprint density at radius 1 is 1.06 bits per heavy atom. The number of nitrogens with zero attached hydrogens (tertiary/aromatic N) is 4. The van der Waals surface area contributed by atoms with E-state index in [1.54, 1.807) is 17.1 Å². The SMILES string of the molecule is O=C(CCn1cc(-c2cccnc2)nn1)NCc1ccc(Oc2cccc(C3CCC3)c2)cc1. The maximum Gasteiger partial charge on any atom is 0.222 e. The first kappa shape index (κ1) is 21.8. The van der Waals surface area contributed by atoms with Gasteiger partial charge in [-0.3, -0.25) is 14.5 Å². The Labute approximate surface area is 198 Å². The molecule has 2 aromatic carbocycles. The molecule has 4 aromatic rings. The first-order chi connectivity index (χ1) is 16.7. The molecule has 2 heterocycles. The molecular weight excluding hydrogens is 426 g/mol. The Morgan fingerprint density at radius 2 is 1.94 bits per heavy atom. The van der Waals surface area contributed by atoms with Crippen LogP contribution in [-0.4, -0.2) is 25.9 Å². The zero-order valence-electron chi connectivity index (χ0n) is 18.9. The number of carbonyl (C=O) groups excluding carboxylic acids is 1. The highest BCUT2D eigenvalue weighted by Gasteiger charge is 2.19. The van der Waals surface area contributed by atoms with Gasteiger partial charge in [0, 0.05) is 30.9 Å². The van der Waals surface area contributed by atoms with Gasteiger partial charge in [0.1, 0.15) is 17.2 Å². The molecule has 172 valence electrons. The van der Waals surface area contributed by atoms with E-state index in [2.05, 4.69) is 38.8 Å². The summed E-state index contributed by atoms with van der Waals surface area (Å²) in [5, 5.41) is 11.2. The molecule has 0 unspecified atom stereocenters. The first-order valence-electron chi connectivity index (χ1n) is 11.7. The molecule has 0 saturated heterocycles. The summed E-state index contributed by atoms with van der Waals surface area (Å²) < 4.78 is 7.71. The number of aryl methyl sites for hydroxylation is 1. The Balaban J connectivity index is 1.08. The van der Waals surface area contributed by atoms with Crippen LogP contribution in [0.1, 0.15) is 42.7 Å². The lowest BCUT2D eigenvalue weighted by Crippen LogP contribution is -2.24. The summed E-state index contributed by atoms with van der Waals surface area (Å²) in [6, 6.07) is 20.0. The second kappa shape index (κ2) is 10.3. The second-order valence-corrected chi connectivity index (χ2v) is 8.58. The fourth-order valence-electron chi connectivity index (χ4n) is 3.94. The zero-order valence-corrected chi connectivity index (χ0v) is 18.9. The minimum Gasteiger partial charge on any atom is -0.457 e. The van der Waals surface area contributed by atoms with Crippen LogP contribution in [0.15, 0.2) is 79.3 Å². The van der Waals surface area contributed by atoms with Crippen molar-refractivity contribution >= 4 is 5.91 Å². The molecule has 1 aliphatic rings. The van der Waals surface area contributed by atoms with Gasteiger partial charge in [0.25, 0.3) is 0 Å². The third-order valence-corrected chi connectivity index (χ3v) is 6.15. The van der Waals surface area contributed by atoms with E-state index in [4.69, 9.17) is 4.74 Å². The molecule has 2 aromatic heterocycles. The van der Waals surface area contributed by atoms with E-state index in [1.165, 1.54) is 24.8 Å². The van der Waals surface area contributed by atoms with Gasteiger partial charge in [-0.1, -0.05) is 35.9 Å². The standard InChI is InChI=1S/C27H27N5O2/c33-27(13-15-32-19-26(30-31-32)23-7-3-14-28-18-23)29-17-20-9-11-24(12-10-20)34-25-8-2-6-22(16-25)21-4-1-5-21/h2-3,6-12,14,16,18-19,21H,1,4-5,13,15,17H2,(H,29,33). The average molecular weight is 454 g/mol. The normalized spacial score (nSPS) is 13.3. The minimum atomic E-state index is -0.0356. The van der Waals surface area contributed by atoms with E-state index in [0.717, 1.165) is 28.3 Å². The van der Waals surface area contributed by atoms with Gasteiger partial charge in [-0.2, -0.15) is 0 Å². The molecule has 7 nitrogen and oxygen atoms in total. The Hall–Kier alpha value is -4.00. The lowest BCUT2D eigenvalue weighted by atomic mass is 9.80. The average Bonchev–Trinajstić information content (AvgIpc) is 3.31. The second-order valence-electron chi connectivity index (χ2n) is 8.58. The van der Waals surface area contributed by atoms with Crippen LogP contribution < -0.4 is 10.1 Å². The molecule has 5 rings (SSSR count). The number of hydrogen-bond donors (Lipinski definition) is 1. The van der Waals surface area contributed by atoms with E-state index in [9.17, 15) is 4.79 Å². The molecular formula is C27H27N5O2. The first-order valence-corrected chi connectivity index (χ1v) is 11.7.